The molecule has 126 valence electrons. The molecule has 0 aliphatic carbocycles. The van der Waals surface area contributed by atoms with E-state index in [0.29, 0.717) is 11.7 Å². The molecule has 3 heterocycles. The highest BCUT2D eigenvalue weighted by atomic mass is 32.1. The maximum atomic E-state index is 12.2. The first kappa shape index (κ1) is 14.9. The molecular formula is C19H13N5OS. The SMILES string of the molecule is O=C1NC(Nc2ccc3ncsc3c2)=NC1=Cc1ccc2cc[nH]c2c1. The van der Waals surface area contributed by atoms with E-state index in [9.17, 15) is 4.79 Å². The van der Waals surface area contributed by atoms with Gasteiger partial charge in [0.25, 0.3) is 5.91 Å². The van der Waals surface area contributed by atoms with Gasteiger partial charge in [-0.1, -0.05) is 12.1 Å². The minimum Gasteiger partial charge on any atom is -0.361 e. The predicted octanol–water partition coefficient (Wildman–Crippen LogP) is 3.72. The number of aromatic nitrogens is 2. The second kappa shape index (κ2) is 5.82. The zero-order chi connectivity index (χ0) is 17.5. The first-order valence-corrected chi connectivity index (χ1v) is 8.92. The van der Waals surface area contributed by atoms with Crippen LogP contribution in [-0.2, 0) is 4.79 Å². The Morgan fingerprint density at radius 3 is 3.04 bits per heavy atom. The molecule has 0 bridgehead atoms. The van der Waals surface area contributed by atoms with Crippen LogP contribution >= 0.6 is 11.3 Å². The molecule has 2 aromatic heterocycles. The van der Waals surface area contributed by atoms with Crippen molar-refractivity contribution in [2.75, 3.05) is 5.32 Å². The highest BCUT2D eigenvalue weighted by Gasteiger charge is 2.20. The van der Waals surface area contributed by atoms with Gasteiger partial charge in [-0.3, -0.25) is 10.1 Å². The molecule has 1 amide bonds. The summed E-state index contributed by atoms with van der Waals surface area (Å²) in [6.45, 7) is 0. The standard InChI is InChI=1S/C19H13N5OS/c25-18-16(8-11-1-2-12-5-6-20-15(12)7-11)23-19(24-18)22-13-3-4-14-17(9-13)26-10-21-14/h1-10,20H,(H2,22,23,24,25). The van der Waals surface area contributed by atoms with Crippen molar-refractivity contribution in [1.29, 1.82) is 0 Å². The fourth-order valence-corrected chi connectivity index (χ4v) is 3.63. The Labute approximate surface area is 152 Å². The molecule has 5 rings (SSSR count). The number of benzene rings is 2. The van der Waals surface area contributed by atoms with Gasteiger partial charge in [0.1, 0.15) is 5.70 Å². The normalized spacial score (nSPS) is 15.6. The molecule has 0 fully saturated rings. The van der Waals surface area contributed by atoms with Gasteiger partial charge in [-0.25, -0.2) is 9.98 Å². The number of rotatable bonds is 2. The summed E-state index contributed by atoms with van der Waals surface area (Å²) >= 11 is 1.57. The van der Waals surface area contributed by atoms with E-state index in [1.807, 2.05) is 54.2 Å². The van der Waals surface area contributed by atoms with E-state index >= 15 is 0 Å². The molecule has 0 saturated carbocycles. The fourth-order valence-electron chi connectivity index (χ4n) is 2.91. The smallest absolute Gasteiger partial charge is 0.276 e. The number of nitrogens with zero attached hydrogens (tertiary/aromatic N) is 2. The topological polar surface area (TPSA) is 82.2 Å². The number of hydrogen-bond acceptors (Lipinski definition) is 5. The Kier molecular flexibility index (Phi) is 3.32. The fraction of sp³-hybridized carbons (Fsp3) is 0. The summed E-state index contributed by atoms with van der Waals surface area (Å²) in [4.78, 5) is 24.0. The van der Waals surface area contributed by atoms with E-state index in [1.54, 1.807) is 17.4 Å². The summed E-state index contributed by atoms with van der Waals surface area (Å²) in [5.41, 5.74) is 5.94. The number of guanidine groups is 1. The molecule has 1 aliphatic heterocycles. The van der Waals surface area contributed by atoms with Crippen molar-refractivity contribution in [3.8, 4) is 0 Å². The lowest BCUT2D eigenvalue weighted by molar-refractivity contribution is -0.115. The number of nitrogens with one attached hydrogen (secondary N) is 3. The Bertz CT molecular complexity index is 1220. The van der Waals surface area contributed by atoms with E-state index < -0.39 is 0 Å². The molecule has 1 aliphatic rings. The highest BCUT2D eigenvalue weighted by molar-refractivity contribution is 7.16. The molecule has 0 atom stereocenters. The number of aromatic amines is 1. The van der Waals surface area contributed by atoms with E-state index in [2.05, 4.69) is 25.6 Å². The van der Waals surface area contributed by atoms with Crippen LogP contribution in [0, 0.1) is 0 Å². The minimum absolute atomic E-state index is 0.224. The van der Waals surface area contributed by atoms with Crippen LogP contribution in [0.15, 0.2) is 64.9 Å². The molecule has 2 aromatic carbocycles. The van der Waals surface area contributed by atoms with Gasteiger partial charge < -0.3 is 10.3 Å². The summed E-state index contributed by atoms with van der Waals surface area (Å²) in [6.07, 6.45) is 3.67. The summed E-state index contributed by atoms with van der Waals surface area (Å²) < 4.78 is 1.08. The van der Waals surface area contributed by atoms with E-state index in [0.717, 1.165) is 32.4 Å². The third-order valence-corrected chi connectivity index (χ3v) is 4.97. The first-order valence-electron chi connectivity index (χ1n) is 8.04. The van der Waals surface area contributed by atoms with Crippen LogP contribution in [0.3, 0.4) is 0 Å². The number of thiazole rings is 1. The number of hydrogen-bond donors (Lipinski definition) is 3. The van der Waals surface area contributed by atoms with Gasteiger partial charge in [0, 0.05) is 17.4 Å². The average molecular weight is 359 g/mol. The lowest BCUT2D eigenvalue weighted by Gasteiger charge is -2.04. The van der Waals surface area contributed by atoms with Crippen LogP contribution in [0.2, 0.25) is 0 Å². The number of carbonyl (C=O) groups excluding carboxylic acids is 1. The summed E-state index contributed by atoms with van der Waals surface area (Å²) in [7, 11) is 0. The molecule has 26 heavy (non-hydrogen) atoms. The molecule has 3 N–H and O–H groups in total. The van der Waals surface area contributed by atoms with E-state index in [1.165, 1.54) is 0 Å². The van der Waals surface area contributed by atoms with Gasteiger partial charge >= 0.3 is 0 Å². The van der Waals surface area contributed by atoms with Crippen LogP contribution in [0.5, 0.6) is 0 Å². The Morgan fingerprint density at radius 1 is 1.12 bits per heavy atom. The maximum Gasteiger partial charge on any atom is 0.276 e. The van der Waals surface area contributed by atoms with Crippen molar-refractivity contribution in [3.63, 3.8) is 0 Å². The Morgan fingerprint density at radius 2 is 2.08 bits per heavy atom. The lowest BCUT2D eigenvalue weighted by Crippen LogP contribution is -2.29. The van der Waals surface area contributed by atoms with E-state index in [4.69, 9.17) is 0 Å². The van der Waals surface area contributed by atoms with Gasteiger partial charge in [0.2, 0.25) is 5.96 Å². The Hall–Kier alpha value is -3.45. The second-order valence-corrected chi connectivity index (χ2v) is 6.81. The Balaban J connectivity index is 1.42. The zero-order valence-electron chi connectivity index (χ0n) is 13.5. The molecule has 4 aromatic rings. The lowest BCUT2D eigenvalue weighted by atomic mass is 10.1. The van der Waals surface area contributed by atoms with Gasteiger partial charge in [-0.2, -0.15) is 0 Å². The van der Waals surface area contributed by atoms with Crippen LogP contribution < -0.4 is 10.6 Å². The van der Waals surface area contributed by atoms with Gasteiger partial charge in [-0.15, -0.1) is 11.3 Å². The van der Waals surface area contributed by atoms with Crippen LogP contribution in [0.4, 0.5) is 5.69 Å². The van der Waals surface area contributed by atoms with Gasteiger partial charge in [0.05, 0.1) is 15.7 Å². The van der Waals surface area contributed by atoms with Gasteiger partial charge in [-0.05, 0) is 47.4 Å². The molecule has 6 nitrogen and oxygen atoms in total. The van der Waals surface area contributed by atoms with Crippen molar-refractivity contribution >= 4 is 56.1 Å². The summed E-state index contributed by atoms with van der Waals surface area (Å²) in [6, 6.07) is 13.8. The predicted molar refractivity (Wildman–Crippen MR) is 105 cm³/mol. The van der Waals surface area contributed by atoms with E-state index in [-0.39, 0.29) is 5.91 Å². The zero-order valence-corrected chi connectivity index (χ0v) is 14.3. The maximum absolute atomic E-state index is 12.2. The number of anilines is 1. The van der Waals surface area contributed by atoms with Crippen LogP contribution in [0.1, 0.15) is 5.56 Å². The molecule has 0 unspecified atom stereocenters. The number of amides is 1. The largest absolute Gasteiger partial charge is 0.361 e. The van der Waals surface area contributed by atoms with Crippen LogP contribution in [0.25, 0.3) is 27.2 Å². The van der Waals surface area contributed by atoms with Crippen molar-refractivity contribution in [1.82, 2.24) is 15.3 Å². The third kappa shape index (κ3) is 2.64. The van der Waals surface area contributed by atoms with Crippen molar-refractivity contribution in [2.45, 2.75) is 0 Å². The molecule has 0 radical (unpaired) electrons. The molecule has 0 saturated heterocycles. The third-order valence-electron chi connectivity index (χ3n) is 4.17. The molecule has 7 heteroatoms. The monoisotopic (exact) mass is 359 g/mol. The van der Waals surface area contributed by atoms with Crippen LogP contribution in [-0.4, -0.2) is 21.8 Å². The summed E-state index contributed by atoms with van der Waals surface area (Å²) in [5, 5.41) is 7.03. The number of fused-ring (bicyclic) bond motifs is 2. The van der Waals surface area contributed by atoms with Crippen molar-refractivity contribution in [2.24, 2.45) is 4.99 Å². The highest BCUT2D eigenvalue weighted by Crippen LogP contribution is 2.23. The first-order chi connectivity index (χ1) is 12.7. The summed E-state index contributed by atoms with van der Waals surface area (Å²) in [5.74, 6) is 0.198. The average Bonchev–Trinajstić information content (AvgIpc) is 3.35. The minimum atomic E-state index is -0.224. The molecular weight excluding hydrogens is 346 g/mol. The second-order valence-electron chi connectivity index (χ2n) is 5.93. The quantitative estimate of drug-likeness (QED) is 0.477. The number of H-pyrrole nitrogens is 1. The number of carbonyl (C=O) groups is 1. The van der Waals surface area contributed by atoms with Crippen molar-refractivity contribution < 1.29 is 4.79 Å². The molecule has 0 spiro atoms. The van der Waals surface area contributed by atoms with Gasteiger partial charge in [0.15, 0.2) is 0 Å². The van der Waals surface area contributed by atoms with Crippen molar-refractivity contribution in [3.05, 3.63) is 65.4 Å². The number of aliphatic imine (C=N–C) groups is 1.